The average Bonchev–Trinajstić information content (AvgIpc) is 2.68. The van der Waals surface area contributed by atoms with E-state index in [2.05, 4.69) is 0 Å². The summed E-state index contributed by atoms with van der Waals surface area (Å²) in [4.78, 5) is 28.7. The summed E-state index contributed by atoms with van der Waals surface area (Å²) < 4.78 is 1.83. The lowest BCUT2D eigenvalue weighted by atomic mass is 9.91. The van der Waals surface area contributed by atoms with Crippen molar-refractivity contribution in [2.45, 2.75) is 69.5 Å². The number of rotatable bonds is 9. The summed E-state index contributed by atoms with van der Waals surface area (Å²) in [6.07, 6.45) is 9.50. The smallest absolute Gasteiger partial charge is 0.262 e. The fraction of sp³-hybridized carbons (Fsp3) is 0.571. The number of nitrogens with zero attached hydrogens (tertiary/aromatic N) is 2. The molecule has 0 bridgehead atoms. The van der Waals surface area contributed by atoms with Crippen molar-refractivity contribution in [3.8, 4) is 0 Å². The molecule has 146 valence electrons. The second kappa shape index (κ2) is 9.93. The van der Waals surface area contributed by atoms with Gasteiger partial charge in [0, 0.05) is 18.7 Å². The number of aromatic nitrogens is 2. The van der Waals surface area contributed by atoms with Crippen molar-refractivity contribution in [3.05, 3.63) is 34.6 Å². The maximum absolute atomic E-state index is 13.0. The minimum Gasteiger partial charge on any atom is -0.370 e. The highest BCUT2D eigenvalue weighted by molar-refractivity contribution is 7.99. The molecule has 1 aromatic heterocycles. The van der Waals surface area contributed by atoms with Gasteiger partial charge in [-0.15, -0.1) is 0 Å². The third kappa shape index (κ3) is 5.58. The van der Waals surface area contributed by atoms with Crippen molar-refractivity contribution >= 4 is 28.6 Å². The Labute approximate surface area is 164 Å². The van der Waals surface area contributed by atoms with Gasteiger partial charge in [-0.3, -0.25) is 14.2 Å². The summed E-state index contributed by atoms with van der Waals surface area (Å²) in [6, 6.07) is 7.58. The third-order valence-electron chi connectivity index (χ3n) is 5.30. The summed E-state index contributed by atoms with van der Waals surface area (Å²) in [5.41, 5.74) is 6.02. The highest BCUT2D eigenvalue weighted by Crippen LogP contribution is 2.29. The summed E-state index contributed by atoms with van der Waals surface area (Å²) in [5.74, 6) is 1.51. The van der Waals surface area contributed by atoms with E-state index in [9.17, 15) is 9.59 Å². The molecule has 6 heteroatoms. The van der Waals surface area contributed by atoms with E-state index >= 15 is 0 Å². The summed E-state index contributed by atoms with van der Waals surface area (Å²) in [5, 5.41) is 1.51. The number of para-hydroxylation sites is 1. The Bertz CT molecular complexity index is 828. The van der Waals surface area contributed by atoms with Crippen LogP contribution in [-0.4, -0.2) is 21.2 Å². The number of amides is 1. The molecule has 1 aliphatic rings. The fourth-order valence-electron chi connectivity index (χ4n) is 3.75. The standard InChI is InChI=1S/C21H29N3O2S/c22-19(25)13-5-2-8-14-24-20(26)17-11-6-7-12-18(17)23-21(24)27-15-16-9-3-1-4-10-16/h6-7,11-12,16H,1-5,8-10,13-15H2,(H2,22,25). The zero-order valence-electron chi connectivity index (χ0n) is 15.9. The number of fused-ring (bicyclic) bond motifs is 1. The van der Waals surface area contributed by atoms with Gasteiger partial charge in [-0.1, -0.05) is 49.6 Å². The lowest BCUT2D eigenvalue weighted by Crippen LogP contribution is -2.24. The molecule has 1 fully saturated rings. The molecular weight excluding hydrogens is 358 g/mol. The molecule has 0 radical (unpaired) electrons. The molecule has 2 aromatic rings. The Kier molecular flexibility index (Phi) is 7.33. The van der Waals surface area contributed by atoms with Gasteiger partial charge in [0.2, 0.25) is 5.91 Å². The van der Waals surface area contributed by atoms with Gasteiger partial charge < -0.3 is 5.73 Å². The summed E-state index contributed by atoms with van der Waals surface area (Å²) >= 11 is 1.73. The summed E-state index contributed by atoms with van der Waals surface area (Å²) in [6.45, 7) is 0.641. The topological polar surface area (TPSA) is 78.0 Å². The second-order valence-electron chi connectivity index (χ2n) is 7.46. The number of nitrogens with two attached hydrogens (primary N) is 1. The SMILES string of the molecule is NC(=O)CCCCCn1c(SCC2CCCCC2)nc2ccccc2c1=O. The maximum atomic E-state index is 13.0. The minimum atomic E-state index is -0.261. The number of benzene rings is 1. The number of primary amides is 1. The van der Waals surface area contributed by atoms with E-state index in [-0.39, 0.29) is 11.5 Å². The van der Waals surface area contributed by atoms with Crippen molar-refractivity contribution in [2.24, 2.45) is 11.7 Å². The van der Waals surface area contributed by atoms with Gasteiger partial charge in [0.1, 0.15) is 0 Å². The van der Waals surface area contributed by atoms with Crippen molar-refractivity contribution < 1.29 is 4.79 Å². The van der Waals surface area contributed by atoms with E-state index < -0.39 is 0 Å². The predicted molar refractivity (Wildman–Crippen MR) is 111 cm³/mol. The maximum Gasteiger partial charge on any atom is 0.262 e. The first-order valence-corrected chi connectivity index (χ1v) is 11.0. The molecule has 0 saturated heterocycles. The van der Waals surface area contributed by atoms with Gasteiger partial charge in [-0.05, 0) is 43.7 Å². The van der Waals surface area contributed by atoms with E-state index in [1.165, 1.54) is 32.1 Å². The van der Waals surface area contributed by atoms with Crippen LogP contribution in [0, 0.1) is 5.92 Å². The normalized spacial score (nSPS) is 15.3. The zero-order chi connectivity index (χ0) is 19.1. The second-order valence-corrected chi connectivity index (χ2v) is 8.45. The molecule has 1 aliphatic carbocycles. The molecule has 0 spiro atoms. The Morgan fingerprint density at radius 2 is 1.93 bits per heavy atom. The zero-order valence-corrected chi connectivity index (χ0v) is 16.7. The van der Waals surface area contributed by atoms with Gasteiger partial charge in [-0.25, -0.2) is 4.98 Å². The van der Waals surface area contributed by atoms with Gasteiger partial charge >= 0.3 is 0 Å². The molecule has 1 saturated carbocycles. The number of hydrogen-bond donors (Lipinski definition) is 1. The van der Waals surface area contributed by atoms with Crippen LogP contribution in [-0.2, 0) is 11.3 Å². The lowest BCUT2D eigenvalue weighted by molar-refractivity contribution is -0.118. The van der Waals surface area contributed by atoms with Crippen LogP contribution in [0.2, 0.25) is 0 Å². The van der Waals surface area contributed by atoms with Crippen molar-refractivity contribution in [1.82, 2.24) is 9.55 Å². The van der Waals surface area contributed by atoms with Crippen LogP contribution < -0.4 is 11.3 Å². The van der Waals surface area contributed by atoms with Crippen LogP contribution in [0.15, 0.2) is 34.2 Å². The highest BCUT2D eigenvalue weighted by Gasteiger charge is 2.17. The quantitative estimate of drug-likeness (QED) is 0.399. The Morgan fingerprint density at radius 3 is 2.70 bits per heavy atom. The van der Waals surface area contributed by atoms with E-state index in [1.807, 2.05) is 28.8 Å². The van der Waals surface area contributed by atoms with Crippen LogP contribution in [0.5, 0.6) is 0 Å². The van der Waals surface area contributed by atoms with E-state index in [1.54, 1.807) is 11.8 Å². The van der Waals surface area contributed by atoms with Crippen LogP contribution >= 0.6 is 11.8 Å². The van der Waals surface area contributed by atoms with Gasteiger partial charge in [-0.2, -0.15) is 0 Å². The fourth-order valence-corrected chi connectivity index (χ4v) is 4.96. The van der Waals surface area contributed by atoms with Gasteiger partial charge in [0.25, 0.3) is 5.56 Å². The molecule has 1 amide bonds. The Balaban J connectivity index is 1.74. The number of thioether (sulfide) groups is 1. The largest absolute Gasteiger partial charge is 0.370 e. The van der Waals surface area contributed by atoms with E-state index in [4.69, 9.17) is 10.7 Å². The van der Waals surface area contributed by atoms with Crippen molar-refractivity contribution in [1.29, 1.82) is 0 Å². The first kappa shape index (κ1) is 19.9. The molecule has 3 rings (SSSR count). The molecule has 5 nitrogen and oxygen atoms in total. The van der Waals surface area contributed by atoms with Crippen molar-refractivity contribution in [3.63, 3.8) is 0 Å². The van der Waals surface area contributed by atoms with Crippen LogP contribution in [0.25, 0.3) is 10.9 Å². The van der Waals surface area contributed by atoms with Crippen molar-refractivity contribution in [2.75, 3.05) is 5.75 Å². The molecule has 2 N–H and O–H groups in total. The number of carbonyl (C=O) groups excluding carboxylic acids is 1. The monoisotopic (exact) mass is 387 g/mol. The molecule has 1 aromatic carbocycles. The molecule has 0 unspecified atom stereocenters. The van der Waals surface area contributed by atoms with Crippen LogP contribution in [0.3, 0.4) is 0 Å². The first-order valence-electron chi connectivity index (χ1n) is 10.1. The highest BCUT2D eigenvalue weighted by atomic mass is 32.2. The summed E-state index contributed by atoms with van der Waals surface area (Å²) in [7, 11) is 0. The van der Waals surface area contributed by atoms with Gasteiger partial charge in [0.05, 0.1) is 10.9 Å². The Morgan fingerprint density at radius 1 is 1.15 bits per heavy atom. The minimum absolute atomic E-state index is 0.0432. The number of hydrogen-bond acceptors (Lipinski definition) is 4. The Hall–Kier alpha value is -1.82. The lowest BCUT2D eigenvalue weighted by Gasteiger charge is -2.21. The number of unbranched alkanes of at least 4 members (excludes halogenated alkanes) is 2. The molecule has 1 heterocycles. The van der Waals surface area contributed by atoms with Gasteiger partial charge in [0.15, 0.2) is 5.16 Å². The molecule has 0 aliphatic heterocycles. The van der Waals surface area contributed by atoms with Crippen LogP contribution in [0.1, 0.15) is 57.8 Å². The third-order valence-corrected chi connectivity index (χ3v) is 6.51. The first-order chi connectivity index (χ1) is 13.1. The van der Waals surface area contributed by atoms with E-state index in [0.29, 0.717) is 18.4 Å². The predicted octanol–water partition coefficient (Wildman–Crippen LogP) is 4.11. The molecular formula is C21H29N3O2S. The average molecular weight is 388 g/mol. The molecule has 27 heavy (non-hydrogen) atoms. The van der Waals surface area contributed by atoms with Crippen LogP contribution in [0.4, 0.5) is 0 Å². The number of carbonyl (C=O) groups is 1. The molecule has 0 atom stereocenters. The van der Waals surface area contributed by atoms with E-state index in [0.717, 1.165) is 41.6 Å².